The Kier molecular flexibility index (Phi) is 4.25. The Morgan fingerprint density at radius 2 is 1.94 bits per heavy atom. The third kappa shape index (κ3) is 2.38. The minimum Gasteiger partial charge on any atom is -0.494 e. The van der Waals surface area contributed by atoms with Gasteiger partial charge >= 0.3 is 0 Å². The number of ether oxygens (including phenoxy) is 2. The average Bonchev–Trinajstić information content (AvgIpc) is 2.89. The number of nitrogens with two attached hydrogens (primary N) is 1. The fraction of sp³-hybridized carbons (Fsp3) is 0.600. The van der Waals surface area contributed by atoms with Crippen LogP contribution in [-0.4, -0.2) is 19.3 Å². The lowest BCUT2D eigenvalue weighted by atomic mass is 9.87. The van der Waals surface area contributed by atoms with Gasteiger partial charge in [0.1, 0.15) is 5.75 Å². The second kappa shape index (κ2) is 5.72. The summed E-state index contributed by atoms with van der Waals surface area (Å²) in [5.41, 5.74) is 7.32. The van der Waals surface area contributed by atoms with E-state index in [9.17, 15) is 0 Å². The molecule has 0 saturated heterocycles. The van der Waals surface area contributed by atoms with Crippen LogP contribution in [0.3, 0.4) is 0 Å². The summed E-state index contributed by atoms with van der Waals surface area (Å²) in [6, 6.07) is 7.91. The molecule has 0 heterocycles. The van der Waals surface area contributed by atoms with Gasteiger partial charge in [0.2, 0.25) is 0 Å². The Morgan fingerprint density at radius 1 is 1.28 bits per heavy atom. The topological polar surface area (TPSA) is 44.5 Å². The van der Waals surface area contributed by atoms with Crippen molar-refractivity contribution in [1.29, 1.82) is 0 Å². The first-order valence-corrected chi connectivity index (χ1v) is 6.76. The summed E-state index contributed by atoms with van der Waals surface area (Å²) in [6.45, 7) is 2.65. The molecule has 1 aliphatic rings. The summed E-state index contributed by atoms with van der Waals surface area (Å²) in [5.74, 6) is 0.885. The van der Waals surface area contributed by atoms with Gasteiger partial charge in [-0.3, -0.25) is 0 Å². The molecule has 2 rings (SSSR count). The highest BCUT2D eigenvalue weighted by Crippen LogP contribution is 2.43. The first-order chi connectivity index (χ1) is 8.73. The van der Waals surface area contributed by atoms with E-state index in [1.54, 1.807) is 7.11 Å². The zero-order chi connectivity index (χ0) is 13.0. The Hall–Kier alpha value is -1.06. The molecule has 1 aliphatic carbocycles. The molecule has 0 aliphatic heterocycles. The number of rotatable bonds is 5. The highest BCUT2D eigenvalue weighted by atomic mass is 16.5. The Morgan fingerprint density at radius 3 is 2.56 bits per heavy atom. The fourth-order valence-electron chi connectivity index (χ4n) is 2.92. The van der Waals surface area contributed by atoms with Crippen LogP contribution in [0.4, 0.5) is 0 Å². The van der Waals surface area contributed by atoms with E-state index >= 15 is 0 Å². The van der Waals surface area contributed by atoms with Gasteiger partial charge in [-0.1, -0.05) is 31.0 Å². The maximum absolute atomic E-state index is 6.47. The molecule has 0 aromatic heterocycles. The molecule has 18 heavy (non-hydrogen) atoms. The molecule has 0 amide bonds. The van der Waals surface area contributed by atoms with E-state index in [-0.39, 0.29) is 11.6 Å². The fourth-order valence-corrected chi connectivity index (χ4v) is 2.92. The van der Waals surface area contributed by atoms with E-state index in [0.717, 1.165) is 24.2 Å². The van der Waals surface area contributed by atoms with Gasteiger partial charge in [-0.25, -0.2) is 0 Å². The van der Waals surface area contributed by atoms with Crippen LogP contribution in [0.15, 0.2) is 24.3 Å². The number of methoxy groups -OCH3 is 1. The summed E-state index contributed by atoms with van der Waals surface area (Å²) in [4.78, 5) is 0. The molecule has 100 valence electrons. The van der Waals surface area contributed by atoms with E-state index in [4.69, 9.17) is 15.2 Å². The molecular formula is C15H23NO2. The maximum Gasteiger partial charge on any atom is 0.124 e. The third-order valence-corrected chi connectivity index (χ3v) is 3.98. The zero-order valence-electron chi connectivity index (χ0n) is 11.3. The Labute approximate surface area is 109 Å². The molecule has 1 aromatic carbocycles. The van der Waals surface area contributed by atoms with Gasteiger partial charge in [0, 0.05) is 12.7 Å². The van der Waals surface area contributed by atoms with E-state index in [2.05, 4.69) is 6.07 Å². The number of hydrogen-bond donors (Lipinski definition) is 1. The van der Waals surface area contributed by atoms with E-state index < -0.39 is 0 Å². The first-order valence-electron chi connectivity index (χ1n) is 6.76. The summed E-state index contributed by atoms with van der Waals surface area (Å²) < 4.78 is 11.4. The molecule has 1 fully saturated rings. The molecular weight excluding hydrogens is 226 g/mol. The second-order valence-electron chi connectivity index (χ2n) is 4.92. The maximum atomic E-state index is 6.47. The molecule has 1 unspecified atom stereocenters. The predicted octanol–water partition coefficient (Wildman–Crippen LogP) is 3.04. The summed E-state index contributed by atoms with van der Waals surface area (Å²) in [7, 11) is 1.77. The number of para-hydroxylation sites is 1. The van der Waals surface area contributed by atoms with Crippen LogP contribution in [-0.2, 0) is 4.74 Å². The van der Waals surface area contributed by atoms with Crippen molar-refractivity contribution in [1.82, 2.24) is 0 Å². The summed E-state index contributed by atoms with van der Waals surface area (Å²) in [6.07, 6.45) is 4.45. The minimum absolute atomic E-state index is 0.118. The molecule has 1 saturated carbocycles. The van der Waals surface area contributed by atoms with Crippen molar-refractivity contribution in [2.24, 2.45) is 5.73 Å². The smallest absolute Gasteiger partial charge is 0.124 e. The largest absolute Gasteiger partial charge is 0.494 e. The number of hydrogen-bond acceptors (Lipinski definition) is 3. The monoisotopic (exact) mass is 249 g/mol. The Bertz CT molecular complexity index is 386. The molecule has 0 radical (unpaired) electrons. The Balaban J connectivity index is 2.29. The zero-order valence-corrected chi connectivity index (χ0v) is 11.3. The normalized spacial score (nSPS) is 19.7. The van der Waals surface area contributed by atoms with Gasteiger partial charge in [0.05, 0.1) is 18.2 Å². The van der Waals surface area contributed by atoms with Crippen molar-refractivity contribution < 1.29 is 9.47 Å². The van der Waals surface area contributed by atoms with Gasteiger partial charge in [0.15, 0.2) is 0 Å². The van der Waals surface area contributed by atoms with Crippen LogP contribution < -0.4 is 10.5 Å². The lowest BCUT2D eigenvalue weighted by molar-refractivity contribution is -0.0269. The molecule has 1 aromatic rings. The van der Waals surface area contributed by atoms with E-state index in [1.807, 2.05) is 25.1 Å². The predicted molar refractivity (Wildman–Crippen MR) is 72.7 cm³/mol. The van der Waals surface area contributed by atoms with Crippen molar-refractivity contribution in [2.45, 2.75) is 44.2 Å². The standard InChI is InChI=1S/C15H23NO2/c1-3-18-13-9-5-4-8-12(13)14(16)15(17-2)10-6-7-11-15/h4-5,8-9,14H,3,6-7,10-11,16H2,1-2H3. The molecule has 1 atom stereocenters. The van der Waals surface area contributed by atoms with Gasteiger partial charge < -0.3 is 15.2 Å². The van der Waals surface area contributed by atoms with Gasteiger partial charge in [-0.15, -0.1) is 0 Å². The number of benzene rings is 1. The highest BCUT2D eigenvalue weighted by Gasteiger charge is 2.41. The minimum atomic E-state index is -0.215. The van der Waals surface area contributed by atoms with Crippen LogP contribution >= 0.6 is 0 Å². The van der Waals surface area contributed by atoms with E-state index in [1.165, 1.54) is 12.8 Å². The van der Waals surface area contributed by atoms with Crippen LogP contribution in [0.2, 0.25) is 0 Å². The van der Waals surface area contributed by atoms with Crippen molar-refractivity contribution in [2.75, 3.05) is 13.7 Å². The van der Waals surface area contributed by atoms with Crippen LogP contribution in [0.1, 0.15) is 44.2 Å². The van der Waals surface area contributed by atoms with Gasteiger partial charge in [-0.2, -0.15) is 0 Å². The third-order valence-electron chi connectivity index (χ3n) is 3.98. The van der Waals surface area contributed by atoms with Crippen molar-refractivity contribution in [3.63, 3.8) is 0 Å². The highest BCUT2D eigenvalue weighted by molar-refractivity contribution is 5.37. The van der Waals surface area contributed by atoms with Crippen LogP contribution in [0, 0.1) is 0 Å². The summed E-state index contributed by atoms with van der Waals surface area (Å²) in [5, 5.41) is 0. The quantitative estimate of drug-likeness (QED) is 0.872. The van der Waals surface area contributed by atoms with Crippen molar-refractivity contribution >= 4 is 0 Å². The average molecular weight is 249 g/mol. The summed E-state index contributed by atoms with van der Waals surface area (Å²) >= 11 is 0. The van der Waals surface area contributed by atoms with Crippen LogP contribution in [0.25, 0.3) is 0 Å². The lowest BCUT2D eigenvalue weighted by Gasteiger charge is -2.34. The van der Waals surface area contributed by atoms with Gasteiger partial charge in [0.25, 0.3) is 0 Å². The molecule has 3 nitrogen and oxygen atoms in total. The molecule has 0 bridgehead atoms. The molecule has 2 N–H and O–H groups in total. The molecule has 0 spiro atoms. The van der Waals surface area contributed by atoms with E-state index in [0.29, 0.717) is 6.61 Å². The SMILES string of the molecule is CCOc1ccccc1C(N)C1(OC)CCCC1. The van der Waals surface area contributed by atoms with Gasteiger partial charge in [-0.05, 0) is 25.8 Å². The lowest BCUT2D eigenvalue weighted by Crippen LogP contribution is -2.40. The van der Waals surface area contributed by atoms with Crippen molar-refractivity contribution in [3.05, 3.63) is 29.8 Å². The molecule has 3 heteroatoms. The van der Waals surface area contributed by atoms with Crippen molar-refractivity contribution in [3.8, 4) is 5.75 Å². The second-order valence-corrected chi connectivity index (χ2v) is 4.92. The first kappa shape index (κ1) is 13.4. The van der Waals surface area contributed by atoms with Crippen LogP contribution in [0.5, 0.6) is 5.75 Å².